The number of aromatic nitrogens is 6. The molecule has 2 aliphatic heterocycles. The van der Waals surface area contributed by atoms with Crippen molar-refractivity contribution in [1.29, 1.82) is 0 Å². The average molecular weight is 417 g/mol. The zero-order valence-corrected chi connectivity index (χ0v) is 17.1. The van der Waals surface area contributed by atoms with Crippen LogP contribution in [0.1, 0.15) is 16.7 Å². The lowest BCUT2D eigenvalue weighted by Gasteiger charge is -2.11. The van der Waals surface area contributed by atoms with Crippen LogP contribution in [0, 0.1) is 13.8 Å². The molecule has 0 amide bonds. The number of hydrogen-bond donors (Lipinski definition) is 0. The van der Waals surface area contributed by atoms with Crippen LogP contribution < -0.4 is 5.56 Å². The smallest absolute Gasteiger partial charge is 0.265 e. The van der Waals surface area contributed by atoms with Gasteiger partial charge in [-0.25, -0.2) is 14.6 Å². The molecule has 3 aromatic rings. The highest BCUT2D eigenvalue weighted by molar-refractivity contribution is 6.29. The highest BCUT2D eigenvalue weighted by Gasteiger charge is 2.24. The fourth-order valence-corrected chi connectivity index (χ4v) is 3.64. The first-order valence-electron chi connectivity index (χ1n) is 9.44. The topological polar surface area (TPSA) is 78.5 Å². The molecule has 4 heterocycles. The molecule has 5 rings (SSSR count). The van der Waals surface area contributed by atoms with Gasteiger partial charge in [-0.3, -0.25) is 4.79 Å². The molecule has 30 heavy (non-hydrogen) atoms. The van der Waals surface area contributed by atoms with Crippen LogP contribution in [0.5, 0.6) is 0 Å². The van der Waals surface area contributed by atoms with Crippen LogP contribution in [-0.4, -0.2) is 29.5 Å². The van der Waals surface area contributed by atoms with Crippen molar-refractivity contribution in [2.75, 3.05) is 0 Å². The number of fused-ring (bicyclic) bond motifs is 3. The summed E-state index contributed by atoms with van der Waals surface area (Å²) in [6, 6.07) is 13.2. The van der Waals surface area contributed by atoms with Gasteiger partial charge < -0.3 is 0 Å². The molecule has 0 aliphatic carbocycles. The zero-order valence-electron chi connectivity index (χ0n) is 16.4. The fraction of sp³-hybridized carbons (Fsp3) is 0.136. The van der Waals surface area contributed by atoms with Crippen molar-refractivity contribution in [3.8, 4) is 17.1 Å². The summed E-state index contributed by atoms with van der Waals surface area (Å²) in [5.41, 5.74) is 4.98. The van der Waals surface area contributed by atoms with E-state index >= 15 is 0 Å². The molecule has 0 spiro atoms. The minimum atomic E-state index is -0.257. The third-order valence-corrected chi connectivity index (χ3v) is 5.48. The van der Waals surface area contributed by atoms with E-state index in [0.29, 0.717) is 28.7 Å². The van der Waals surface area contributed by atoms with Gasteiger partial charge in [0.15, 0.2) is 11.3 Å². The number of benzene rings is 1. The van der Waals surface area contributed by atoms with Crippen molar-refractivity contribution in [2.45, 2.75) is 20.4 Å². The summed E-state index contributed by atoms with van der Waals surface area (Å²) in [4.78, 5) is 21.9. The Bertz CT molecular complexity index is 1420. The van der Waals surface area contributed by atoms with Crippen molar-refractivity contribution in [3.63, 3.8) is 0 Å². The van der Waals surface area contributed by atoms with Crippen molar-refractivity contribution >= 4 is 22.6 Å². The normalized spacial score (nSPS) is 11.4. The number of aryl methyl sites for hydroxylation is 1. The minimum absolute atomic E-state index is 0.257. The maximum atomic E-state index is 13.3. The molecule has 148 valence electrons. The highest BCUT2D eigenvalue weighted by Crippen LogP contribution is 2.26. The Morgan fingerprint density at radius 3 is 2.63 bits per heavy atom. The highest BCUT2D eigenvalue weighted by atomic mass is 35.5. The maximum Gasteiger partial charge on any atom is 0.301 e. The van der Waals surface area contributed by atoms with Crippen LogP contribution in [0.3, 0.4) is 0 Å². The van der Waals surface area contributed by atoms with Crippen LogP contribution in [0.2, 0.25) is 5.15 Å². The van der Waals surface area contributed by atoms with Gasteiger partial charge >= 0.3 is 5.56 Å². The first-order chi connectivity index (χ1) is 14.5. The monoisotopic (exact) mass is 416 g/mol. The van der Waals surface area contributed by atoms with E-state index in [-0.39, 0.29) is 5.56 Å². The number of hydrogen-bond acceptors (Lipinski definition) is 5. The summed E-state index contributed by atoms with van der Waals surface area (Å²) >= 11 is 5.90. The molecule has 2 aromatic heterocycles. The quantitative estimate of drug-likeness (QED) is 0.418. The number of rotatable bonds is 3. The van der Waals surface area contributed by atoms with Gasteiger partial charge in [0, 0.05) is 17.8 Å². The van der Waals surface area contributed by atoms with E-state index in [1.807, 2.05) is 50.2 Å². The molecule has 2 aliphatic rings. The SMILES string of the molecule is Cc1cccc(-n2nc3c4cccnc4n(Cc4ccc(Cl)nc4)nc-3c2=O)c1C. The molecule has 7 nitrogen and oxygen atoms in total. The Balaban J connectivity index is 1.76. The van der Waals surface area contributed by atoms with Gasteiger partial charge in [0.25, 0.3) is 0 Å². The van der Waals surface area contributed by atoms with Crippen LogP contribution >= 0.6 is 11.6 Å². The maximum absolute atomic E-state index is 13.3. The molecule has 0 fully saturated rings. The van der Waals surface area contributed by atoms with Crippen molar-refractivity contribution in [1.82, 2.24) is 29.5 Å². The molecule has 1 aromatic carbocycles. The van der Waals surface area contributed by atoms with E-state index in [1.165, 1.54) is 4.68 Å². The van der Waals surface area contributed by atoms with Crippen LogP contribution in [0.25, 0.3) is 28.1 Å². The van der Waals surface area contributed by atoms with Crippen LogP contribution in [0.15, 0.2) is 59.7 Å². The van der Waals surface area contributed by atoms with Gasteiger partial charge in [0.05, 0.1) is 12.2 Å². The lowest BCUT2D eigenvalue weighted by molar-refractivity contribution is 0.688. The van der Waals surface area contributed by atoms with E-state index in [4.69, 9.17) is 11.6 Å². The number of halogens is 1. The van der Waals surface area contributed by atoms with E-state index in [9.17, 15) is 4.79 Å². The van der Waals surface area contributed by atoms with Crippen molar-refractivity contribution in [3.05, 3.63) is 87.1 Å². The molecule has 0 N–H and O–H groups in total. The Kier molecular flexibility index (Phi) is 4.33. The van der Waals surface area contributed by atoms with Crippen LogP contribution in [-0.2, 0) is 6.54 Å². The Morgan fingerprint density at radius 2 is 1.83 bits per heavy atom. The number of nitrogens with zero attached hydrogens (tertiary/aromatic N) is 6. The molecule has 0 radical (unpaired) electrons. The molecular weight excluding hydrogens is 400 g/mol. The Labute approximate surface area is 176 Å². The van der Waals surface area contributed by atoms with E-state index in [1.54, 1.807) is 23.1 Å². The molecular formula is C22H17ClN6O. The second-order valence-corrected chi connectivity index (χ2v) is 7.54. The van der Waals surface area contributed by atoms with Crippen LogP contribution in [0.4, 0.5) is 0 Å². The summed E-state index contributed by atoms with van der Waals surface area (Å²) in [5.74, 6) is 0. The molecule has 8 heteroatoms. The average Bonchev–Trinajstić information content (AvgIpc) is 3.08. The van der Waals surface area contributed by atoms with Gasteiger partial charge in [-0.1, -0.05) is 29.8 Å². The van der Waals surface area contributed by atoms with E-state index in [0.717, 1.165) is 27.8 Å². The summed E-state index contributed by atoms with van der Waals surface area (Å²) < 4.78 is 3.14. The zero-order chi connectivity index (χ0) is 20.8. The second-order valence-electron chi connectivity index (χ2n) is 7.15. The predicted molar refractivity (Wildman–Crippen MR) is 115 cm³/mol. The number of pyridine rings is 2. The third-order valence-electron chi connectivity index (χ3n) is 5.25. The van der Waals surface area contributed by atoms with Gasteiger partial charge in [-0.05, 0) is 54.8 Å². The summed E-state index contributed by atoms with van der Waals surface area (Å²) in [6.45, 7) is 4.40. The first kappa shape index (κ1) is 18.4. The van der Waals surface area contributed by atoms with Gasteiger partial charge in [-0.15, -0.1) is 0 Å². The standard InChI is InChI=1S/C22H17ClN6O/c1-13-5-3-7-17(14(13)2)29-22(30)20-19(27-29)16-6-4-10-24-21(16)28(26-20)12-15-8-9-18(23)25-11-15/h3-11H,12H2,1-2H3. The summed E-state index contributed by atoms with van der Waals surface area (Å²) in [7, 11) is 0. The molecule has 0 saturated heterocycles. The van der Waals surface area contributed by atoms with Gasteiger partial charge in [0.2, 0.25) is 0 Å². The first-order valence-corrected chi connectivity index (χ1v) is 9.82. The largest absolute Gasteiger partial charge is 0.301 e. The van der Waals surface area contributed by atoms with Crippen molar-refractivity contribution < 1.29 is 0 Å². The minimum Gasteiger partial charge on any atom is -0.265 e. The lowest BCUT2D eigenvalue weighted by Crippen LogP contribution is -2.18. The predicted octanol–water partition coefficient (Wildman–Crippen LogP) is 3.80. The van der Waals surface area contributed by atoms with Crippen molar-refractivity contribution in [2.24, 2.45) is 0 Å². The molecule has 0 unspecified atom stereocenters. The lowest BCUT2D eigenvalue weighted by atomic mass is 10.1. The van der Waals surface area contributed by atoms with E-state index < -0.39 is 0 Å². The second kappa shape index (κ2) is 7.03. The molecule has 0 bridgehead atoms. The van der Waals surface area contributed by atoms with E-state index in [2.05, 4.69) is 20.2 Å². The Hall–Kier alpha value is -3.58. The molecule has 0 atom stereocenters. The third kappa shape index (κ3) is 2.95. The summed E-state index contributed by atoms with van der Waals surface area (Å²) in [5, 5.41) is 10.4. The summed E-state index contributed by atoms with van der Waals surface area (Å²) in [6.07, 6.45) is 3.39. The Morgan fingerprint density at radius 1 is 0.967 bits per heavy atom. The fourth-order valence-electron chi connectivity index (χ4n) is 3.53. The van der Waals surface area contributed by atoms with Gasteiger partial charge in [0.1, 0.15) is 10.8 Å². The van der Waals surface area contributed by atoms with Gasteiger partial charge in [-0.2, -0.15) is 14.9 Å². The molecule has 0 saturated carbocycles.